The number of hydrogen-bond acceptors (Lipinski definition) is 3. The van der Waals surface area contributed by atoms with Gasteiger partial charge in [-0.25, -0.2) is 0 Å². The third-order valence-corrected chi connectivity index (χ3v) is 4.15. The van der Waals surface area contributed by atoms with Crippen LogP contribution in [0.1, 0.15) is 53.4 Å². The minimum absolute atomic E-state index is 0.245. The molecule has 1 heterocycles. The molecule has 0 aliphatic carbocycles. The van der Waals surface area contributed by atoms with E-state index >= 15 is 0 Å². The van der Waals surface area contributed by atoms with E-state index in [9.17, 15) is 4.79 Å². The van der Waals surface area contributed by atoms with Crippen molar-refractivity contribution in [3.05, 3.63) is 0 Å². The lowest BCUT2D eigenvalue weighted by Crippen LogP contribution is -2.56. The Morgan fingerprint density at radius 1 is 1.53 bits per heavy atom. The average Bonchev–Trinajstić information content (AvgIpc) is 2.74. The third-order valence-electron chi connectivity index (χ3n) is 4.15. The van der Waals surface area contributed by atoms with Crippen molar-refractivity contribution >= 4 is 5.91 Å². The molecule has 1 rings (SSSR count). The molecule has 0 radical (unpaired) electrons. The lowest BCUT2D eigenvalue weighted by Gasteiger charge is -2.31. The highest BCUT2D eigenvalue weighted by Gasteiger charge is 2.32. The summed E-state index contributed by atoms with van der Waals surface area (Å²) in [5.74, 6) is 0.605. The Hall–Kier alpha value is -0.610. The normalized spacial score (nSPS) is 23.7. The van der Waals surface area contributed by atoms with E-state index in [0.717, 1.165) is 18.9 Å². The molecule has 1 saturated heterocycles. The van der Waals surface area contributed by atoms with Gasteiger partial charge in [-0.2, -0.15) is 0 Å². The van der Waals surface area contributed by atoms with Crippen LogP contribution >= 0.6 is 0 Å². The van der Waals surface area contributed by atoms with Crippen LogP contribution in [0.2, 0.25) is 0 Å². The molecule has 4 heteroatoms. The first-order valence-electron chi connectivity index (χ1n) is 7.67. The second-order valence-electron chi connectivity index (χ2n) is 6.49. The minimum Gasteiger partial charge on any atom is -0.368 e. The SMILES string of the molecule is CCCC1CCN(CCC(C)(NC(C)C)C(N)=O)C1. The van der Waals surface area contributed by atoms with Gasteiger partial charge in [0.15, 0.2) is 0 Å². The van der Waals surface area contributed by atoms with Crippen molar-refractivity contribution in [3.8, 4) is 0 Å². The van der Waals surface area contributed by atoms with Crippen molar-refractivity contribution in [1.29, 1.82) is 0 Å². The van der Waals surface area contributed by atoms with Gasteiger partial charge in [0, 0.05) is 19.1 Å². The molecule has 1 fully saturated rings. The molecule has 1 amide bonds. The fourth-order valence-electron chi connectivity index (χ4n) is 3.05. The van der Waals surface area contributed by atoms with Crippen LogP contribution in [0.4, 0.5) is 0 Å². The number of likely N-dealkylation sites (tertiary alicyclic amines) is 1. The largest absolute Gasteiger partial charge is 0.368 e. The van der Waals surface area contributed by atoms with Crippen molar-refractivity contribution in [1.82, 2.24) is 10.2 Å². The highest BCUT2D eigenvalue weighted by Crippen LogP contribution is 2.22. The molecule has 1 aliphatic heterocycles. The molecule has 1 aliphatic rings. The molecular weight excluding hydrogens is 238 g/mol. The number of carbonyl (C=O) groups excluding carboxylic acids is 1. The van der Waals surface area contributed by atoms with Crippen LogP contribution in [-0.2, 0) is 4.79 Å². The third kappa shape index (κ3) is 5.11. The smallest absolute Gasteiger partial charge is 0.237 e. The molecule has 0 aromatic rings. The van der Waals surface area contributed by atoms with Crippen LogP contribution in [0.3, 0.4) is 0 Å². The van der Waals surface area contributed by atoms with E-state index in [4.69, 9.17) is 5.73 Å². The Bertz CT molecular complexity index is 293. The van der Waals surface area contributed by atoms with Crippen molar-refractivity contribution in [2.45, 2.75) is 65.0 Å². The monoisotopic (exact) mass is 269 g/mol. The Labute approximate surface area is 118 Å². The first kappa shape index (κ1) is 16.4. The molecule has 19 heavy (non-hydrogen) atoms. The zero-order valence-electron chi connectivity index (χ0n) is 13.0. The number of nitrogens with one attached hydrogen (secondary N) is 1. The number of rotatable bonds is 8. The number of carbonyl (C=O) groups is 1. The van der Waals surface area contributed by atoms with Crippen molar-refractivity contribution in [3.63, 3.8) is 0 Å². The lowest BCUT2D eigenvalue weighted by atomic mass is 9.95. The van der Waals surface area contributed by atoms with Gasteiger partial charge in [-0.1, -0.05) is 13.3 Å². The number of nitrogens with zero attached hydrogens (tertiary/aromatic N) is 1. The number of hydrogen-bond donors (Lipinski definition) is 2. The van der Waals surface area contributed by atoms with Gasteiger partial charge in [0.25, 0.3) is 0 Å². The van der Waals surface area contributed by atoms with Gasteiger partial charge in [-0.3, -0.25) is 4.79 Å². The van der Waals surface area contributed by atoms with Crippen LogP contribution in [0.5, 0.6) is 0 Å². The Kier molecular flexibility index (Phi) is 6.27. The van der Waals surface area contributed by atoms with E-state index in [1.54, 1.807) is 0 Å². The van der Waals surface area contributed by atoms with E-state index in [1.807, 2.05) is 20.8 Å². The fourth-order valence-corrected chi connectivity index (χ4v) is 3.05. The topological polar surface area (TPSA) is 58.4 Å². The molecule has 3 N–H and O–H groups in total. The predicted octanol–water partition coefficient (Wildman–Crippen LogP) is 1.74. The Balaban J connectivity index is 2.43. The standard InChI is InChI=1S/C15H31N3O/c1-5-6-13-7-9-18(11-13)10-8-15(4,14(16)19)17-12(2)3/h12-13,17H,5-11H2,1-4H3,(H2,16,19). The van der Waals surface area contributed by atoms with E-state index in [-0.39, 0.29) is 11.9 Å². The maximum absolute atomic E-state index is 11.7. The van der Waals surface area contributed by atoms with Gasteiger partial charge in [0.1, 0.15) is 0 Å². The predicted molar refractivity (Wildman–Crippen MR) is 79.9 cm³/mol. The molecule has 0 aromatic heterocycles. The second kappa shape index (κ2) is 7.25. The number of amides is 1. The zero-order chi connectivity index (χ0) is 14.5. The molecule has 2 atom stereocenters. The average molecular weight is 269 g/mol. The maximum Gasteiger partial charge on any atom is 0.237 e. The highest BCUT2D eigenvalue weighted by molar-refractivity contribution is 5.84. The van der Waals surface area contributed by atoms with E-state index < -0.39 is 5.54 Å². The van der Waals surface area contributed by atoms with Gasteiger partial charge in [-0.15, -0.1) is 0 Å². The second-order valence-corrected chi connectivity index (χ2v) is 6.49. The maximum atomic E-state index is 11.7. The summed E-state index contributed by atoms with van der Waals surface area (Å²) >= 11 is 0. The van der Waals surface area contributed by atoms with Gasteiger partial charge >= 0.3 is 0 Å². The summed E-state index contributed by atoms with van der Waals surface area (Å²) in [7, 11) is 0. The molecule has 0 saturated carbocycles. The first-order valence-corrected chi connectivity index (χ1v) is 7.67. The van der Waals surface area contributed by atoms with E-state index in [0.29, 0.717) is 0 Å². The molecule has 0 bridgehead atoms. The summed E-state index contributed by atoms with van der Waals surface area (Å²) < 4.78 is 0. The molecule has 2 unspecified atom stereocenters. The van der Waals surface area contributed by atoms with Gasteiger partial charge < -0.3 is 16.0 Å². The number of primary amides is 1. The van der Waals surface area contributed by atoms with Crippen LogP contribution in [0.25, 0.3) is 0 Å². The van der Waals surface area contributed by atoms with E-state index in [1.165, 1.54) is 32.4 Å². The van der Waals surface area contributed by atoms with Gasteiger partial charge in [0.2, 0.25) is 5.91 Å². The lowest BCUT2D eigenvalue weighted by molar-refractivity contribution is -0.124. The van der Waals surface area contributed by atoms with Crippen molar-refractivity contribution in [2.24, 2.45) is 11.7 Å². The van der Waals surface area contributed by atoms with Crippen LogP contribution in [-0.4, -0.2) is 42.0 Å². The molecular formula is C15H31N3O. The van der Waals surface area contributed by atoms with Gasteiger partial charge in [-0.05, 0) is 52.5 Å². The summed E-state index contributed by atoms with van der Waals surface area (Å²) in [6, 6.07) is 0.268. The Morgan fingerprint density at radius 3 is 2.74 bits per heavy atom. The Morgan fingerprint density at radius 2 is 2.21 bits per heavy atom. The summed E-state index contributed by atoms with van der Waals surface area (Å²) in [5.41, 5.74) is 4.97. The molecule has 4 nitrogen and oxygen atoms in total. The van der Waals surface area contributed by atoms with Crippen LogP contribution in [0.15, 0.2) is 0 Å². The van der Waals surface area contributed by atoms with Crippen molar-refractivity contribution in [2.75, 3.05) is 19.6 Å². The van der Waals surface area contributed by atoms with Gasteiger partial charge in [0.05, 0.1) is 5.54 Å². The molecule has 0 spiro atoms. The summed E-state index contributed by atoms with van der Waals surface area (Å²) in [4.78, 5) is 14.1. The molecule has 0 aromatic carbocycles. The fraction of sp³-hybridized carbons (Fsp3) is 0.933. The zero-order valence-corrected chi connectivity index (χ0v) is 13.0. The highest BCUT2D eigenvalue weighted by atomic mass is 16.1. The van der Waals surface area contributed by atoms with Crippen molar-refractivity contribution < 1.29 is 4.79 Å². The first-order chi connectivity index (χ1) is 8.87. The summed E-state index contributed by atoms with van der Waals surface area (Å²) in [6.45, 7) is 11.6. The van der Waals surface area contributed by atoms with Crippen LogP contribution in [0, 0.1) is 5.92 Å². The summed E-state index contributed by atoms with van der Waals surface area (Å²) in [5, 5.41) is 3.31. The summed E-state index contributed by atoms with van der Waals surface area (Å²) in [6.07, 6.45) is 4.69. The minimum atomic E-state index is -0.586. The number of nitrogens with two attached hydrogens (primary N) is 1. The quantitative estimate of drug-likeness (QED) is 0.705. The van der Waals surface area contributed by atoms with E-state index in [2.05, 4.69) is 17.1 Å². The molecule has 112 valence electrons. The van der Waals surface area contributed by atoms with Crippen LogP contribution < -0.4 is 11.1 Å².